The van der Waals surface area contributed by atoms with E-state index in [9.17, 15) is 10.1 Å². The Bertz CT molecular complexity index is 145. The van der Waals surface area contributed by atoms with E-state index in [0.29, 0.717) is 0 Å². The molecular weight excluding hydrogens is 150 g/mol. The molecule has 0 N–H and O–H groups in total. The van der Waals surface area contributed by atoms with Crippen molar-refractivity contribution < 1.29 is 4.92 Å². The molecule has 0 aromatic rings. The molecule has 0 saturated carbocycles. The zero-order valence-electron chi connectivity index (χ0n) is 6.16. The molecular formula is C6H11NO2S. The average Bonchev–Trinajstić information content (AvgIpc) is 1.86. The van der Waals surface area contributed by atoms with Crippen molar-refractivity contribution in [3.63, 3.8) is 0 Å². The van der Waals surface area contributed by atoms with Crippen molar-refractivity contribution in [3.05, 3.63) is 21.1 Å². The summed E-state index contributed by atoms with van der Waals surface area (Å²) in [6.07, 6.45) is 1.79. The van der Waals surface area contributed by atoms with Crippen LogP contribution in [0, 0.1) is 10.1 Å². The molecule has 10 heavy (non-hydrogen) atoms. The Morgan fingerprint density at radius 1 is 1.80 bits per heavy atom. The molecule has 3 nitrogen and oxygen atoms in total. The molecule has 0 fully saturated rings. The Balaban J connectivity index is 3.73. The first-order valence-corrected chi connectivity index (χ1v) is 4.09. The second kappa shape index (κ2) is 5.29. The predicted octanol–water partition coefficient (Wildman–Crippen LogP) is 1.92. The predicted molar refractivity (Wildman–Crippen MR) is 43.8 cm³/mol. The smallest absolute Gasteiger partial charge is 0.234 e. The van der Waals surface area contributed by atoms with Crippen molar-refractivity contribution in [2.24, 2.45) is 0 Å². The van der Waals surface area contributed by atoms with Crippen molar-refractivity contribution in [1.82, 2.24) is 0 Å². The maximum atomic E-state index is 9.99. The van der Waals surface area contributed by atoms with Crippen LogP contribution in [0.3, 0.4) is 0 Å². The first-order valence-electron chi connectivity index (χ1n) is 3.10. The third-order valence-electron chi connectivity index (χ3n) is 0.937. The fourth-order valence-corrected chi connectivity index (χ4v) is 1.27. The number of rotatable bonds is 4. The molecule has 0 aliphatic rings. The van der Waals surface area contributed by atoms with Gasteiger partial charge in [-0.1, -0.05) is 13.0 Å². The minimum atomic E-state index is -0.308. The lowest BCUT2D eigenvalue weighted by molar-refractivity contribution is -0.469. The largest absolute Gasteiger partial charge is 0.264 e. The van der Waals surface area contributed by atoms with Crippen LogP contribution in [-0.4, -0.2) is 17.2 Å². The summed E-state index contributed by atoms with van der Waals surface area (Å²) in [4.78, 5) is 10.5. The molecule has 0 bridgehead atoms. The van der Waals surface area contributed by atoms with Gasteiger partial charge in [-0.3, -0.25) is 10.1 Å². The summed E-state index contributed by atoms with van der Waals surface area (Å²) < 4.78 is 0. The van der Waals surface area contributed by atoms with Crippen LogP contribution in [0.1, 0.15) is 13.8 Å². The van der Waals surface area contributed by atoms with Crippen LogP contribution < -0.4 is 0 Å². The first kappa shape index (κ1) is 9.49. The van der Waals surface area contributed by atoms with Crippen LogP contribution in [0.25, 0.3) is 0 Å². The molecule has 0 aliphatic heterocycles. The Morgan fingerprint density at radius 3 is 2.70 bits per heavy atom. The Hall–Kier alpha value is -0.510. The quantitative estimate of drug-likeness (QED) is 0.467. The molecule has 0 unspecified atom stereocenters. The molecule has 0 radical (unpaired) electrons. The number of nitro groups is 1. The molecule has 0 heterocycles. The third-order valence-corrected chi connectivity index (χ3v) is 1.96. The van der Waals surface area contributed by atoms with Gasteiger partial charge in [0.15, 0.2) is 0 Å². The third kappa shape index (κ3) is 4.38. The van der Waals surface area contributed by atoms with Crippen LogP contribution in [0.2, 0.25) is 0 Å². The van der Waals surface area contributed by atoms with Gasteiger partial charge < -0.3 is 0 Å². The number of nitrogens with zero attached hydrogens (tertiary/aromatic N) is 1. The van der Waals surface area contributed by atoms with E-state index in [1.54, 1.807) is 6.08 Å². The molecule has 0 rings (SSSR count). The normalized spacial score (nSPS) is 11.6. The van der Waals surface area contributed by atoms with E-state index in [2.05, 4.69) is 0 Å². The molecule has 0 spiro atoms. The van der Waals surface area contributed by atoms with Gasteiger partial charge in [-0.05, 0) is 12.7 Å². The maximum absolute atomic E-state index is 9.99. The highest BCUT2D eigenvalue weighted by atomic mass is 32.2. The van der Waals surface area contributed by atoms with E-state index in [4.69, 9.17) is 0 Å². The summed E-state index contributed by atoms with van der Waals surface area (Å²) in [5.74, 6) is 0.896. The van der Waals surface area contributed by atoms with Crippen LogP contribution in [0.5, 0.6) is 0 Å². The van der Waals surface area contributed by atoms with E-state index in [1.807, 2.05) is 13.8 Å². The van der Waals surface area contributed by atoms with Gasteiger partial charge in [0.25, 0.3) is 0 Å². The lowest BCUT2D eigenvalue weighted by Gasteiger charge is -1.96. The summed E-state index contributed by atoms with van der Waals surface area (Å²) in [5, 5.41) is 9.99. The van der Waals surface area contributed by atoms with E-state index >= 15 is 0 Å². The minimum Gasteiger partial charge on any atom is -0.264 e. The van der Waals surface area contributed by atoms with Gasteiger partial charge in [0.05, 0.1) is 4.91 Å². The lowest BCUT2D eigenvalue weighted by Crippen LogP contribution is -2.01. The van der Waals surface area contributed by atoms with Gasteiger partial charge in [-0.2, -0.15) is 0 Å². The van der Waals surface area contributed by atoms with Crippen molar-refractivity contribution in [2.45, 2.75) is 13.8 Å². The fourth-order valence-electron chi connectivity index (χ4n) is 0.533. The van der Waals surface area contributed by atoms with Gasteiger partial charge >= 0.3 is 0 Å². The monoisotopic (exact) mass is 161 g/mol. The van der Waals surface area contributed by atoms with Crippen LogP contribution in [0.15, 0.2) is 11.0 Å². The SMILES string of the molecule is CC=C(C[N+](=O)[O-])SCC. The standard InChI is InChI=1S/C6H11NO2S/c1-3-6(10-4-2)5-7(8)9/h3H,4-5H2,1-2H3. The first-order chi connectivity index (χ1) is 4.70. The highest BCUT2D eigenvalue weighted by Crippen LogP contribution is 2.13. The van der Waals surface area contributed by atoms with Crippen molar-refractivity contribution >= 4 is 11.8 Å². The van der Waals surface area contributed by atoms with Gasteiger partial charge in [-0.25, -0.2) is 0 Å². The van der Waals surface area contributed by atoms with E-state index < -0.39 is 0 Å². The number of thioether (sulfide) groups is 1. The van der Waals surface area contributed by atoms with Gasteiger partial charge in [0.1, 0.15) is 0 Å². The Labute approximate surface area is 64.7 Å². The van der Waals surface area contributed by atoms with Gasteiger partial charge in [0.2, 0.25) is 6.54 Å². The fraction of sp³-hybridized carbons (Fsp3) is 0.667. The second-order valence-electron chi connectivity index (χ2n) is 1.68. The van der Waals surface area contributed by atoms with E-state index in [0.717, 1.165) is 10.7 Å². The maximum Gasteiger partial charge on any atom is 0.234 e. The van der Waals surface area contributed by atoms with E-state index in [-0.39, 0.29) is 11.5 Å². The molecule has 0 atom stereocenters. The second-order valence-corrected chi connectivity index (χ2v) is 3.07. The summed E-state index contributed by atoms with van der Waals surface area (Å²) in [6, 6.07) is 0. The number of hydrogen-bond acceptors (Lipinski definition) is 3. The Morgan fingerprint density at radius 2 is 2.40 bits per heavy atom. The number of allylic oxidation sites excluding steroid dienone is 1. The molecule has 0 aliphatic carbocycles. The van der Waals surface area contributed by atoms with Gasteiger partial charge in [0, 0.05) is 4.92 Å². The summed E-state index contributed by atoms with van der Waals surface area (Å²) >= 11 is 1.52. The summed E-state index contributed by atoms with van der Waals surface area (Å²) in [7, 11) is 0. The van der Waals surface area contributed by atoms with Crippen LogP contribution in [0.4, 0.5) is 0 Å². The van der Waals surface area contributed by atoms with Gasteiger partial charge in [-0.15, -0.1) is 11.8 Å². The zero-order chi connectivity index (χ0) is 7.98. The van der Waals surface area contributed by atoms with Crippen molar-refractivity contribution in [1.29, 1.82) is 0 Å². The molecule has 58 valence electrons. The summed E-state index contributed by atoms with van der Waals surface area (Å²) in [5.41, 5.74) is 0. The Kier molecular flexibility index (Phi) is 5.02. The van der Waals surface area contributed by atoms with Crippen LogP contribution >= 0.6 is 11.8 Å². The van der Waals surface area contributed by atoms with E-state index in [1.165, 1.54) is 11.8 Å². The minimum absolute atomic E-state index is 0.0327. The molecule has 0 saturated heterocycles. The zero-order valence-corrected chi connectivity index (χ0v) is 6.98. The lowest BCUT2D eigenvalue weighted by atomic mass is 10.5. The van der Waals surface area contributed by atoms with Crippen molar-refractivity contribution in [3.8, 4) is 0 Å². The molecule has 0 amide bonds. The number of hydrogen-bond donors (Lipinski definition) is 0. The molecule has 0 aromatic carbocycles. The highest BCUT2D eigenvalue weighted by molar-refractivity contribution is 8.03. The van der Waals surface area contributed by atoms with Crippen molar-refractivity contribution in [2.75, 3.05) is 12.3 Å². The molecule has 4 heteroatoms. The average molecular weight is 161 g/mol. The van der Waals surface area contributed by atoms with Crippen LogP contribution in [-0.2, 0) is 0 Å². The topological polar surface area (TPSA) is 43.1 Å². The highest BCUT2D eigenvalue weighted by Gasteiger charge is 2.02. The molecule has 0 aromatic heterocycles. The summed E-state index contributed by atoms with van der Waals surface area (Å²) in [6.45, 7) is 3.77.